The Hall–Kier alpha value is -0.600. The highest BCUT2D eigenvalue weighted by Crippen LogP contribution is 2.24. The molecule has 0 aliphatic carbocycles. The number of halogens is 1. The molecule has 0 bridgehead atoms. The zero-order chi connectivity index (χ0) is 12.0. The van der Waals surface area contributed by atoms with Gasteiger partial charge in [-0.3, -0.25) is 4.98 Å². The van der Waals surface area contributed by atoms with Crippen molar-refractivity contribution in [1.82, 2.24) is 10.3 Å². The smallest absolute Gasteiger partial charge is 0.0589 e. The van der Waals surface area contributed by atoms with Gasteiger partial charge < -0.3 is 5.32 Å². The first-order chi connectivity index (χ1) is 7.71. The lowest BCUT2D eigenvalue weighted by molar-refractivity contribution is 0.381. The number of pyridine rings is 1. The predicted molar refractivity (Wildman–Crippen MR) is 69.7 cm³/mol. The summed E-state index contributed by atoms with van der Waals surface area (Å²) in [5.74, 6) is 0.759. The molecule has 2 nitrogen and oxygen atoms in total. The highest BCUT2D eigenvalue weighted by Gasteiger charge is 2.15. The number of nitrogens with zero attached hydrogens (tertiary/aromatic N) is 1. The fourth-order valence-corrected chi connectivity index (χ4v) is 2.05. The third-order valence-corrected chi connectivity index (χ3v) is 3.40. The summed E-state index contributed by atoms with van der Waals surface area (Å²) < 4.78 is 0. The highest BCUT2D eigenvalue weighted by atomic mass is 35.5. The van der Waals surface area contributed by atoms with Crippen molar-refractivity contribution in [2.45, 2.75) is 39.2 Å². The summed E-state index contributed by atoms with van der Waals surface area (Å²) in [4.78, 5) is 4.38. The van der Waals surface area contributed by atoms with Crippen molar-refractivity contribution in [1.29, 1.82) is 0 Å². The van der Waals surface area contributed by atoms with Gasteiger partial charge in [-0.05, 0) is 31.5 Å². The van der Waals surface area contributed by atoms with Crippen LogP contribution in [0, 0.1) is 5.92 Å². The van der Waals surface area contributed by atoms with Gasteiger partial charge >= 0.3 is 0 Å². The van der Waals surface area contributed by atoms with Crippen molar-refractivity contribution in [3.8, 4) is 0 Å². The van der Waals surface area contributed by atoms with Crippen LogP contribution in [0.4, 0.5) is 0 Å². The number of hydrogen-bond donors (Lipinski definition) is 1. The van der Waals surface area contributed by atoms with Crippen molar-refractivity contribution in [3.05, 3.63) is 29.0 Å². The first-order valence-electron chi connectivity index (χ1n) is 5.99. The van der Waals surface area contributed by atoms with Crippen LogP contribution < -0.4 is 5.32 Å². The van der Waals surface area contributed by atoms with E-state index < -0.39 is 0 Å². The van der Waals surface area contributed by atoms with Gasteiger partial charge in [0.2, 0.25) is 0 Å². The standard InChI is InChI=1S/C13H21ClN2/c1-4-10(5-2)8-13(15-3)12-7-6-11(14)9-16-12/h6-7,9-10,13,15H,4-5,8H2,1-3H3. The second-order valence-electron chi connectivity index (χ2n) is 4.16. The molecule has 1 rings (SSSR count). The van der Waals surface area contributed by atoms with E-state index in [0.29, 0.717) is 11.1 Å². The molecular weight excluding hydrogens is 220 g/mol. The van der Waals surface area contributed by atoms with E-state index in [2.05, 4.69) is 24.1 Å². The maximum atomic E-state index is 5.84. The van der Waals surface area contributed by atoms with E-state index >= 15 is 0 Å². The molecule has 0 saturated carbocycles. The van der Waals surface area contributed by atoms with Gasteiger partial charge in [0, 0.05) is 12.2 Å². The minimum absolute atomic E-state index is 0.335. The van der Waals surface area contributed by atoms with E-state index in [0.717, 1.165) is 18.0 Å². The van der Waals surface area contributed by atoms with Gasteiger partial charge in [0.25, 0.3) is 0 Å². The summed E-state index contributed by atoms with van der Waals surface area (Å²) in [5, 5.41) is 4.03. The molecule has 0 radical (unpaired) electrons. The summed E-state index contributed by atoms with van der Waals surface area (Å²) in [5.41, 5.74) is 1.08. The Morgan fingerprint density at radius 2 is 2.00 bits per heavy atom. The summed E-state index contributed by atoms with van der Waals surface area (Å²) in [6.45, 7) is 4.49. The molecule has 1 unspecified atom stereocenters. The van der Waals surface area contributed by atoms with Crippen LogP contribution >= 0.6 is 11.6 Å². The second kappa shape index (κ2) is 6.87. The average Bonchev–Trinajstić information content (AvgIpc) is 2.32. The molecule has 1 heterocycles. The Morgan fingerprint density at radius 1 is 1.31 bits per heavy atom. The molecule has 0 aliphatic rings. The van der Waals surface area contributed by atoms with Crippen LogP contribution in [0.3, 0.4) is 0 Å². The van der Waals surface area contributed by atoms with Crippen LogP contribution in [0.5, 0.6) is 0 Å². The zero-order valence-electron chi connectivity index (χ0n) is 10.3. The Morgan fingerprint density at radius 3 is 2.44 bits per heavy atom. The maximum Gasteiger partial charge on any atom is 0.0589 e. The monoisotopic (exact) mass is 240 g/mol. The molecule has 1 N–H and O–H groups in total. The average molecular weight is 241 g/mol. The van der Waals surface area contributed by atoms with Crippen molar-refractivity contribution < 1.29 is 0 Å². The van der Waals surface area contributed by atoms with Crippen LogP contribution in [0.25, 0.3) is 0 Å². The highest BCUT2D eigenvalue weighted by molar-refractivity contribution is 6.30. The number of hydrogen-bond acceptors (Lipinski definition) is 2. The maximum absolute atomic E-state index is 5.84. The Bertz CT molecular complexity index is 293. The molecule has 1 atom stereocenters. The number of rotatable bonds is 6. The van der Waals surface area contributed by atoms with Gasteiger partial charge in [0.15, 0.2) is 0 Å². The summed E-state index contributed by atoms with van der Waals surface area (Å²) in [6.07, 6.45) is 5.30. The molecule has 0 aliphatic heterocycles. The largest absolute Gasteiger partial charge is 0.312 e. The van der Waals surface area contributed by atoms with Crippen molar-refractivity contribution in [2.75, 3.05) is 7.05 Å². The van der Waals surface area contributed by atoms with Crippen molar-refractivity contribution in [2.24, 2.45) is 5.92 Å². The molecule has 0 spiro atoms. The van der Waals surface area contributed by atoms with Crippen LogP contribution in [0.1, 0.15) is 44.8 Å². The second-order valence-corrected chi connectivity index (χ2v) is 4.60. The molecule has 1 aromatic heterocycles. The summed E-state index contributed by atoms with van der Waals surface area (Å²) in [7, 11) is 1.99. The minimum atomic E-state index is 0.335. The molecular formula is C13H21ClN2. The first kappa shape index (κ1) is 13.5. The Balaban J connectivity index is 2.70. The van der Waals surface area contributed by atoms with E-state index in [4.69, 9.17) is 11.6 Å². The molecule has 90 valence electrons. The summed E-state index contributed by atoms with van der Waals surface area (Å²) >= 11 is 5.84. The fourth-order valence-electron chi connectivity index (χ4n) is 1.94. The van der Waals surface area contributed by atoms with Gasteiger partial charge in [-0.25, -0.2) is 0 Å². The zero-order valence-corrected chi connectivity index (χ0v) is 11.1. The fraction of sp³-hybridized carbons (Fsp3) is 0.615. The topological polar surface area (TPSA) is 24.9 Å². The third-order valence-electron chi connectivity index (χ3n) is 3.18. The minimum Gasteiger partial charge on any atom is -0.312 e. The quantitative estimate of drug-likeness (QED) is 0.818. The molecule has 3 heteroatoms. The molecule has 0 aromatic carbocycles. The van der Waals surface area contributed by atoms with Gasteiger partial charge in [0.1, 0.15) is 0 Å². The van der Waals surface area contributed by atoms with E-state index in [1.165, 1.54) is 12.8 Å². The Labute approximate surface area is 103 Å². The van der Waals surface area contributed by atoms with Gasteiger partial charge in [-0.2, -0.15) is 0 Å². The van der Waals surface area contributed by atoms with Crippen molar-refractivity contribution >= 4 is 11.6 Å². The van der Waals surface area contributed by atoms with Gasteiger partial charge in [0.05, 0.1) is 10.7 Å². The van der Waals surface area contributed by atoms with Crippen LogP contribution in [-0.2, 0) is 0 Å². The molecule has 1 aromatic rings. The number of nitrogens with one attached hydrogen (secondary N) is 1. The summed E-state index contributed by atoms with van der Waals surface area (Å²) in [6, 6.07) is 4.25. The van der Waals surface area contributed by atoms with E-state index in [-0.39, 0.29) is 0 Å². The Kier molecular flexibility index (Phi) is 5.78. The molecule has 0 fully saturated rings. The molecule has 0 saturated heterocycles. The van der Waals surface area contributed by atoms with Gasteiger partial charge in [-0.1, -0.05) is 38.3 Å². The molecule has 16 heavy (non-hydrogen) atoms. The van der Waals surface area contributed by atoms with Crippen LogP contribution in [0.15, 0.2) is 18.3 Å². The van der Waals surface area contributed by atoms with Crippen molar-refractivity contribution in [3.63, 3.8) is 0 Å². The predicted octanol–water partition coefficient (Wildman–Crippen LogP) is 3.82. The normalized spacial score (nSPS) is 13.1. The lowest BCUT2D eigenvalue weighted by Crippen LogP contribution is -2.20. The lowest BCUT2D eigenvalue weighted by atomic mass is 9.93. The third kappa shape index (κ3) is 3.76. The van der Waals surface area contributed by atoms with Gasteiger partial charge in [-0.15, -0.1) is 0 Å². The molecule has 0 amide bonds. The van der Waals surface area contributed by atoms with E-state index in [1.807, 2.05) is 19.2 Å². The van der Waals surface area contributed by atoms with Crippen LogP contribution in [-0.4, -0.2) is 12.0 Å². The number of aromatic nitrogens is 1. The van der Waals surface area contributed by atoms with E-state index in [1.54, 1.807) is 6.20 Å². The first-order valence-corrected chi connectivity index (χ1v) is 6.37. The van der Waals surface area contributed by atoms with Crippen LogP contribution in [0.2, 0.25) is 5.02 Å². The lowest BCUT2D eigenvalue weighted by Gasteiger charge is -2.21. The van der Waals surface area contributed by atoms with E-state index in [9.17, 15) is 0 Å². The SMILES string of the molecule is CCC(CC)CC(NC)c1ccc(Cl)cn1.